The van der Waals surface area contributed by atoms with E-state index in [1.54, 1.807) is 13.2 Å². The van der Waals surface area contributed by atoms with Gasteiger partial charge in [0.05, 0.1) is 11.8 Å². The average Bonchev–Trinajstić information content (AvgIpc) is 3.18. The summed E-state index contributed by atoms with van der Waals surface area (Å²) in [6.45, 7) is 9.31. The zero-order valence-electron chi connectivity index (χ0n) is 16.5. The average molecular weight is 373 g/mol. The first-order valence-corrected chi connectivity index (χ1v) is 10.1. The lowest BCUT2D eigenvalue weighted by Crippen LogP contribution is -2.66. The van der Waals surface area contributed by atoms with Crippen LogP contribution < -0.4 is 5.32 Å². The zero-order chi connectivity index (χ0) is 19.1. The molecule has 2 heterocycles. The Bertz CT molecular complexity index is 647. The molecule has 0 bridgehead atoms. The number of nitrogens with zero attached hydrogens (tertiary/aromatic N) is 3. The maximum Gasteiger partial charge on any atom is 0.220 e. The van der Waals surface area contributed by atoms with Gasteiger partial charge < -0.3 is 19.5 Å². The van der Waals surface area contributed by atoms with Crippen LogP contribution in [0.5, 0.6) is 0 Å². The largest absolute Gasteiger partial charge is 0.469 e. The molecule has 3 rings (SSSR count). The SMILES string of the molecule is C=CCNC(=NCCc1ccco1)N1CCN(C(C)=O)C2(CCCCC2)C1. The summed E-state index contributed by atoms with van der Waals surface area (Å²) in [6, 6.07) is 3.89. The highest BCUT2D eigenvalue weighted by molar-refractivity contribution is 5.81. The first kappa shape index (κ1) is 19.5. The molecule has 0 unspecified atom stereocenters. The zero-order valence-corrected chi connectivity index (χ0v) is 16.5. The number of aliphatic imine (C=N–C) groups is 1. The van der Waals surface area contributed by atoms with Crippen molar-refractivity contribution in [2.75, 3.05) is 32.7 Å². The molecule has 2 fully saturated rings. The second-order valence-electron chi connectivity index (χ2n) is 7.58. The van der Waals surface area contributed by atoms with Gasteiger partial charge in [-0.3, -0.25) is 9.79 Å². The summed E-state index contributed by atoms with van der Waals surface area (Å²) >= 11 is 0. The van der Waals surface area contributed by atoms with Crippen molar-refractivity contribution in [1.82, 2.24) is 15.1 Å². The molecule has 1 saturated carbocycles. The van der Waals surface area contributed by atoms with Gasteiger partial charge in [0.1, 0.15) is 5.76 Å². The molecular formula is C21H32N4O2. The highest BCUT2D eigenvalue weighted by atomic mass is 16.3. The summed E-state index contributed by atoms with van der Waals surface area (Å²) in [6.07, 6.45) is 10.2. The van der Waals surface area contributed by atoms with Crippen molar-refractivity contribution >= 4 is 11.9 Å². The van der Waals surface area contributed by atoms with E-state index < -0.39 is 0 Å². The molecule has 148 valence electrons. The van der Waals surface area contributed by atoms with Crippen LogP contribution in [0.2, 0.25) is 0 Å². The van der Waals surface area contributed by atoms with E-state index in [9.17, 15) is 4.79 Å². The maximum atomic E-state index is 12.3. The molecule has 1 aliphatic heterocycles. The molecule has 1 N–H and O–H groups in total. The molecule has 27 heavy (non-hydrogen) atoms. The minimum atomic E-state index is -0.0417. The Kier molecular flexibility index (Phi) is 6.58. The third kappa shape index (κ3) is 4.73. The lowest BCUT2D eigenvalue weighted by molar-refractivity contribution is -0.140. The fourth-order valence-electron chi connectivity index (χ4n) is 4.45. The maximum absolute atomic E-state index is 12.3. The molecule has 0 radical (unpaired) electrons. The van der Waals surface area contributed by atoms with Gasteiger partial charge in [0, 0.05) is 46.1 Å². The second kappa shape index (κ2) is 9.11. The summed E-state index contributed by atoms with van der Waals surface area (Å²) in [7, 11) is 0. The van der Waals surface area contributed by atoms with Crippen molar-refractivity contribution in [3.05, 3.63) is 36.8 Å². The van der Waals surface area contributed by atoms with Crippen LogP contribution >= 0.6 is 0 Å². The molecule has 1 aromatic heterocycles. The van der Waals surface area contributed by atoms with Gasteiger partial charge in [-0.2, -0.15) is 0 Å². The lowest BCUT2D eigenvalue weighted by atomic mass is 9.78. The van der Waals surface area contributed by atoms with Crippen LogP contribution in [0.3, 0.4) is 0 Å². The standard InChI is InChI=1S/C21H32N4O2/c1-3-12-22-20(23-13-9-19-8-7-16-27-19)24-14-15-25(18(2)26)21(17-24)10-5-4-6-11-21/h3,7-8,16H,1,4-6,9-15,17H2,2H3,(H,22,23). The van der Waals surface area contributed by atoms with Crippen LogP contribution in [0.1, 0.15) is 44.8 Å². The summed E-state index contributed by atoms with van der Waals surface area (Å²) < 4.78 is 5.41. The molecule has 1 saturated heterocycles. The second-order valence-corrected chi connectivity index (χ2v) is 7.58. The van der Waals surface area contributed by atoms with E-state index in [1.807, 2.05) is 18.2 Å². The minimum absolute atomic E-state index is 0.0417. The van der Waals surface area contributed by atoms with Crippen molar-refractivity contribution in [3.63, 3.8) is 0 Å². The number of nitrogens with one attached hydrogen (secondary N) is 1. The van der Waals surface area contributed by atoms with E-state index in [0.717, 1.165) is 50.6 Å². The fourth-order valence-corrected chi connectivity index (χ4v) is 4.45. The highest BCUT2D eigenvalue weighted by Gasteiger charge is 2.44. The Morgan fingerprint density at radius 1 is 1.37 bits per heavy atom. The van der Waals surface area contributed by atoms with Gasteiger partial charge in [-0.25, -0.2) is 0 Å². The van der Waals surface area contributed by atoms with Crippen molar-refractivity contribution < 1.29 is 9.21 Å². The number of hydrogen-bond acceptors (Lipinski definition) is 3. The fraction of sp³-hybridized carbons (Fsp3) is 0.619. The van der Waals surface area contributed by atoms with Gasteiger partial charge in [-0.1, -0.05) is 25.3 Å². The van der Waals surface area contributed by atoms with Crippen LogP contribution in [-0.4, -0.2) is 59.9 Å². The normalized spacial score (nSPS) is 20.0. The molecule has 1 amide bonds. The molecule has 1 aromatic rings. The molecule has 2 aliphatic rings. The number of furan rings is 1. The van der Waals surface area contributed by atoms with Crippen molar-refractivity contribution in [2.45, 2.75) is 51.0 Å². The topological polar surface area (TPSA) is 61.1 Å². The van der Waals surface area contributed by atoms with Crippen LogP contribution in [0.4, 0.5) is 0 Å². The Labute approximate surface area is 162 Å². The van der Waals surface area contributed by atoms with Gasteiger partial charge in [-0.15, -0.1) is 6.58 Å². The van der Waals surface area contributed by atoms with E-state index in [-0.39, 0.29) is 11.4 Å². The first-order valence-electron chi connectivity index (χ1n) is 10.1. The third-order valence-corrected chi connectivity index (χ3v) is 5.72. The molecule has 1 aliphatic carbocycles. The molecule has 0 atom stereocenters. The number of amides is 1. The highest BCUT2D eigenvalue weighted by Crippen LogP contribution is 2.36. The van der Waals surface area contributed by atoms with E-state index in [4.69, 9.17) is 9.41 Å². The van der Waals surface area contributed by atoms with Crippen LogP contribution in [0, 0.1) is 0 Å². The molecule has 0 aromatic carbocycles. The number of rotatable bonds is 5. The third-order valence-electron chi connectivity index (χ3n) is 5.72. The Hall–Kier alpha value is -2.24. The van der Waals surface area contributed by atoms with Crippen LogP contribution in [0.15, 0.2) is 40.5 Å². The minimum Gasteiger partial charge on any atom is -0.469 e. The smallest absolute Gasteiger partial charge is 0.220 e. The van der Waals surface area contributed by atoms with Crippen molar-refractivity contribution in [3.8, 4) is 0 Å². The van der Waals surface area contributed by atoms with Crippen LogP contribution in [0.25, 0.3) is 0 Å². The Morgan fingerprint density at radius 2 is 2.19 bits per heavy atom. The van der Waals surface area contributed by atoms with Crippen LogP contribution in [-0.2, 0) is 11.2 Å². The van der Waals surface area contributed by atoms with Gasteiger partial charge in [0.15, 0.2) is 5.96 Å². The predicted octanol–water partition coefficient (Wildman–Crippen LogP) is 2.82. The number of hydrogen-bond donors (Lipinski definition) is 1. The van der Waals surface area contributed by atoms with Gasteiger partial charge in [-0.05, 0) is 25.0 Å². The number of guanidine groups is 1. The first-order chi connectivity index (χ1) is 13.1. The molecule has 6 nitrogen and oxygen atoms in total. The number of carbonyl (C=O) groups is 1. The summed E-state index contributed by atoms with van der Waals surface area (Å²) in [5.74, 6) is 2.06. The molecule has 1 spiro atoms. The number of piperazine rings is 1. The lowest BCUT2D eigenvalue weighted by Gasteiger charge is -2.53. The molecule has 6 heteroatoms. The van der Waals surface area contributed by atoms with E-state index >= 15 is 0 Å². The van der Waals surface area contributed by atoms with Gasteiger partial charge in [0.2, 0.25) is 5.91 Å². The van der Waals surface area contributed by atoms with E-state index in [2.05, 4.69) is 21.7 Å². The summed E-state index contributed by atoms with van der Waals surface area (Å²) in [5.41, 5.74) is -0.0417. The monoisotopic (exact) mass is 372 g/mol. The van der Waals surface area contributed by atoms with Crippen molar-refractivity contribution in [2.24, 2.45) is 4.99 Å². The predicted molar refractivity (Wildman–Crippen MR) is 108 cm³/mol. The summed E-state index contributed by atoms with van der Waals surface area (Å²) in [5, 5.41) is 3.41. The van der Waals surface area contributed by atoms with Gasteiger partial charge >= 0.3 is 0 Å². The van der Waals surface area contributed by atoms with E-state index in [1.165, 1.54) is 19.3 Å². The Morgan fingerprint density at radius 3 is 2.85 bits per heavy atom. The quantitative estimate of drug-likeness (QED) is 0.490. The van der Waals surface area contributed by atoms with Crippen molar-refractivity contribution in [1.29, 1.82) is 0 Å². The Balaban J connectivity index is 1.73. The number of carbonyl (C=O) groups excluding carboxylic acids is 1. The molecular weight excluding hydrogens is 340 g/mol. The summed E-state index contributed by atoms with van der Waals surface area (Å²) in [4.78, 5) is 21.5. The van der Waals surface area contributed by atoms with Gasteiger partial charge in [0.25, 0.3) is 0 Å². The van der Waals surface area contributed by atoms with E-state index in [0.29, 0.717) is 13.1 Å².